The predicted molar refractivity (Wildman–Crippen MR) is 104 cm³/mol. The Labute approximate surface area is 156 Å². The number of hydrogen-bond donors (Lipinski definition) is 2. The minimum atomic E-state index is -0.135. The van der Waals surface area contributed by atoms with E-state index in [1.54, 1.807) is 12.4 Å². The van der Waals surface area contributed by atoms with Gasteiger partial charge in [-0.05, 0) is 31.2 Å². The van der Waals surface area contributed by atoms with E-state index in [2.05, 4.69) is 25.5 Å². The average Bonchev–Trinajstić information content (AvgIpc) is 3.23. The van der Waals surface area contributed by atoms with Gasteiger partial charge in [-0.2, -0.15) is 5.10 Å². The zero-order chi connectivity index (χ0) is 18.8. The van der Waals surface area contributed by atoms with Crippen LogP contribution in [0, 0.1) is 6.92 Å². The Hall–Kier alpha value is -3.48. The second-order valence-electron chi connectivity index (χ2n) is 6.31. The number of aromatic amines is 1. The Kier molecular flexibility index (Phi) is 4.42. The third-order valence-electron chi connectivity index (χ3n) is 4.59. The highest BCUT2D eigenvalue weighted by Crippen LogP contribution is 2.25. The molecule has 4 rings (SSSR count). The first-order chi connectivity index (χ1) is 13.2. The fourth-order valence-corrected chi connectivity index (χ4v) is 3.21. The van der Waals surface area contributed by atoms with E-state index in [4.69, 9.17) is 0 Å². The summed E-state index contributed by atoms with van der Waals surface area (Å²) in [5.74, 6) is 1.29. The lowest BCUT2D eigenvalue weighted by Crippen LogP contribution is -2.20. The number of nitrogens with one attached hydrogen (secondary N) is 2. The van der Waals surface area contributed by atoms with Gasteiger partial charge in [-0.15, -0.1) is 0 Å². The summed E-state index contributed by atoms with van der Waals surface area (Å²) in [4.78, 5) is 21.3. The van der Waals surface area contributed by atoms with Crippen LogP contribution in [-0.4, -0.2) is 30.6 Å². The van der Waals surface area contributed by atoms with Gasteiger partial charge in [0.15, 0.2) is 5.82 Å². The lowest BCUT2D eigenvalue weighted by Gasteiger charge is -2.08. The van der Waals surface area contributed by atoms with Crippen molar-refractivity contribution in [3.05, 3.63) is 60.2 Å². The third-order valence-corrected chi connectivity index (χ3v) is 4.59. The molecular weight excluding hydrogens is 340 g/mol. The summed E-state index contributed by atoms with van der Waals surface area (Å²) >= 11 is 0. The number of imidazole rings is 1. The van der Waals surface area contributed by atoms with Gasteiger partial charge in [0.1, 0.15) is 12.4 Å². The maximum absolute atomic E-state index is 12.7. The van der Waals surface area contributed by atoms with Crippen LogP contribution in [0.1, 0.15) is 18.3 Å². The van der Waals surface area contributed by atoms with Gasteiger partial charge in [-0.3, -0.25) is 14.9 Å². The van der Waals surface area contributed by atoms with Crippen molar-refractivity contribution >= 4 is 22.8 Å². The van der Waals surface area contributed by atoms with Crippen LogP contribution in [0.2, 0.25) is 0 Å². The molecule has 0 unspecified atom stereocenters. The van der Waals surface area contributed by atoms with E-state index in [-0.39, 0.29) is 12.5 Å². The molecule has 0 aliphatic heterocycles. The number of aryl methyl sites for hydroxylation is 1. The Morgan fingerprint density at radius 2 is 1.96 bits per heavy atom. The van der Waals surface area contributed by atoms with Crippen LogP contribution in [0.15, 0.2) is 48.8 Å². The highest BCUT2D eigenvalue weighted by atomic mass is 16.2. The third kappa shape index (κ3) is 3.19. The standard InChI is InChI=1S/C20H20N6O/c1-3-17-22-15-6-4-5-7-16(15)26(17)12-18(27)23-20-13(2)19(24-25-20)14-8-10-21-11-9-14/h4-11H,3,12H2,1-2H3,(H2,23,24,25,27). The van der Waals surface area contributed by atoms with Gasteiger partial charge < -0.3 is 9.88 Å². The van der Waals surface area contributed by atoms with Gasteiger partial charge in [-0.1, -0.05) is 19.1 Å². The molecular formula is C20H20N6O. The zero-order valence-electron chi connectivity index (χ0n) is 15.2. The average molecular weight is 360 g/mol. The number of nitrogens with zero attached hydrogens (tertiary/aromatic N) is 4. The summed E-state index contributed by atoms with van der Waals surface area (Å²) in [6, 6.07) is 11.6. The maximum Gasteiger partial charge on any atom is 0.245 e. The van der Waals surface area contributed by atoms with Crippen LogP contribution in [0.3, 0.4) is 0 Å². The molecule has 0 saturated heterocycles. The highest BCUT2D eigenvalue weighted by molar-refractivity contribution is 5.92. The van der Waals surface area contributed by atoms with Gasteiger partial charge >= 0.3 is 0 Å². The molecule has 136 valence electrons. The normalized spacial score (nSPS) is 11.0. The van der Waals surface area contributed by atoms with Crippen LogP contribution in [0.25, 0.3) is 22.3 Å². The number of carbonyl (C=O) groups excluding carboxylic acids is 1. The number of benzene rings is 1. The largest absolute Gasteiger partial charge is 0.318 e. The molecule has 1 amide bonds. The Morgan fingerprint density at radius 1 is 1.19 bits per heavy atom. The van der Waals surface area contributed by atoms with Crippen molar-refractivity contribution in [2.45, 2.75) is 26.8 Å². The van der Waals surface area contributed by atoms with Crippen molar-refractivity contribution in [3.63, 3.8) is 0 Å². The van der Waals surface area contributed by atoms with Crippen LogP contribution in [0.5, 0.6) is 0 Å². The number of anilines is 1. The van der Waals surface area contributed by atoms with Crippen LogP contribution >= 0.6 is 0 Å². The maximum atomic E-state index is 12.7. The minimum Gasteiger partial charge on any atom is -0.318 e. The monoisotopic (exact) mass is 360 g/mol. The van der Waals surface area contributed by atoms with Crippen molar-refractivity contribution in [2.75, 3.05) is 5.32 Å². The molecule has 7 heteroatoms. The number of pyridine rings is 1. The number of aromatic nitrogens is 5. The Bertz CT molecular complexity index is 1100. The number of amides is 1. The van der Waals surface area contributed by atoms with Crippen LogP contribution in [-0.2, 0) is 17.8 Å². The number of fused-ring (bicyclic) bond motifs is 1. The van der Waals surface area contributed by atoms with E-state index in [0.717, 1.165) is 40.1 Å². The van der Waals surface area contributed by atoms with Gasteiger partial charge in [0.2, 0.25) is 5.91 Å². The molecule has 4 aromatic rings. The van der Waals surface area contributed by atoms with Crippen molar-refractivity contribution in [1.82, 2.24) is 24.7 Å². The van der Waals surface area contributed by atoms with E-state index in [1.807, 2.05) is 54.8 Å². The van der Waals surface area contributed by atoms with E-state index < -0.39 is 0 Å². The molecule has 0 atom stereocenters. The van der Waals surface area contributed by atoms with Gasteiger partial charge in [-0.25, -0.2) is 4.98 Å². The van der Waals surface area contributed by atoms with Crippen molar-refractivity contribution in [1.29, 1.82) is 0 Å². The summed E-state index contributed by atoms with van der Waals surface area (Å²) in [5, 5.41) is 10.2. The molecule has 0 saturated carbocycles. The van der Waals surface area contributed by atoms with E-state index >= 15 is 0 Å². The Morgan fingerprint density at radius 3 is 2.74 bits per heavy atom. The van der Waals surface area contributed by atoms with E-state index in [0.29, 0.717) is 5.82 Å². The quantitative estimate of drug-likeness (QED) is 0.571. The summed E-state index contributed by atoms with van der Waals surface area (Å²) in [7, 11) is 0. The summed E-state index contributed by atoms with van der Waals surface area (Å²) in [6.45, 7) is 4.16. The number of para-hydroxylation sites is 2. The fourth-order valence-electron chi connectivity index (χ4n) is 3.21. The van der Waals surface area contributed by atoms with Crippen molar-refractivity contribution < 1.29 is 4.79 Å². The molecule has 27 heavy (non-hydrogen) atoms. The SMILES string of the molecule is CCc1nc2ccccc2n1CC(=O)Nc1n[nH]c(-c2ccncc2)c1C. The zero-order valence-corrected chi connectivity index (χ0v) is 15.2. The minimum absolute atomic E-state index is 0.135. The van der Waals surface area contributed by atoms with Crippen molar-refractivity contribution in [2.24, 2.45) is 0 Å². The summed E-state index contributed by atoms with van der Waals surface area (Å²) in [5.41, 5.74) is 4.60. The summed E-state index contributed by atoms with van der Waals surface area (Å²) < 4.78 is 1.95. The van der Waals surface area contributed by atoms with Gasteiger partial charge in [0.25, 0.3) is 0 Å². The molecule has 0 spiro atoms. The highest BCUT2D eigenvalue weighted by Gasteiger charge is 2.16. The number of hydrogen-bond acceptors (Lipinski definition) is 4. The molecule has 3 heterocycles. The first kappa shape index (κ1) is 17.0. The van der Waals surface area contributed by atoms with Crippen LogP contribution < -0.4 is 5.32 Å². The molecule has 0 fully saturated rings. The smallest absolute Gasteiger partial charge is 0.245 e. The Balaban J connectivity index is 1.57. The first-order valence-electron chi connectivity index (χ1n) is 8.86. The predicted octanol–water partition coefficient (Wildman–Crippen LogP) is 3.33. The van der Waals surface area contributed by atoms with E-state index in [1.165, 1.54) is 0 Å². The molecule has 7 nitrogen and oxygen atoms in total. The molecule has 0 aliphatic rings. The van der Waals surface area contributed by atoms with Gasteiger partial charge in [0.05, 0.1) is 16.7 Å². The molecule has 3 aromatic heterocycles. The number of H-pyrrole nitrogens is 1. The number of rotatable bonds is 5. The second kappa shape index (κ2) is 7.03. The van der Waals surface area contributed by atoms with Crippen molar-refractivity contribution in [3.8, 4) is 11.3 Å². The lowest BCUT2D eigenvalue weighted by molar-refractivity contribution is -0.116. The van der Waals surface area contributed by atoms with Crippen LogP contribution in [0.4, 0.5) is 5.82 Å². The number of carbonyl (C=O) groups is 1. The van der Waals surface area contributed by atoms with E-state index in [9.17, 15) is 4.79 Å². The van der Waals surface area contributed by atoms with Gasteiger partial charge in [0, 0.05) is 29.9 Å². The molecule has 2 N–H and O–H groups in total. The topological polar surface area (TPSA) is 88.5 Å². The second-order valence-corrected chi connectivity index (χ2v) is 6.31. The molecule has 0 radical (unpaired) electrons. The lowest BCUT2D eigenvalue weighted by atomic mass is 10.1. The summed E-state index contributed by atoms with van der Waals surface area (Å²) in [6.07, 6.45) is 4.21. The molecule has 0 aliphatic carbocycles. The fraction of sp³-hybridized carbons (Fsp3) is 0.200. The molecule has 0 bridgehead atoms. The molecule has 1 aromatic carbocycles. The first-order valence-corrected chi connectivity index (χ1v) is 8.86.